The molecule has 0 fully saturated rings. The van der Waals surface area contributed by atoms with Gasteiger partial charge in [-0.3, -0.25) is 4.79 Å². The van der Waals surface area contributed by atoms with E-state index in [1.54, 1.807) is 0 Å². The van der Waals surface area contributed by atoms with E-state index in [4.69, 9.17) is 16.3 Å². The first-order chi connectivity index (χ1) is 5.07. The molecular formula is C8H13ClO2. The molecule has 0 aliphatic carbocycles. The standard InChI is InChI=1S/C8H13ClO2/c1-6(4-9)7(2)5-11-8(3)10/h4-5H2,1-3H3/b7-6-. The van der Waals surface area contributed by atoms with Crippen molar-refractivity contribution < 1.29 is 9.53 Å². The smallest absolute Gasteiger partial charge is 0.302 e. The minimum Gasteiger partial charge on any atom is -0.461 e. The van der Waals surface area contributed by atoms with Gasteiger partial charge in [-0.15, -0.1) is 11.6 Å². The van der Waals surface area contributed by atoms with Crippen LogP contribution in [0.5, 0.6) is 0 Å². The molecule has 0 saturated heterocycles. The van der Waals surface area contributed by atoms with Crippen molar-refractivity contribution in [3.63, 3.8) is 0 Å². The molecule has 0 rings (SSSR count). The first-order valence-corrected chi connectivity index (χ1v) is 3.96. The van der Waals surface area contributed by atoms with Crippen LogP contribution in [0.1, 0.15) is 20.8 Å². The van der Waals surface area contributed by atoms with Crippen LogP contribution in [0, 0.1) is 0 Å². The zero-order valence-electron chi connectivity index (χ0n) is 7.11. The molecule has 0 saturated carbocycles. The second-order valence-corrected chi connectivity index (χ2v) is 2.74. The third-order valence-corrected chi connectivity index (χ3v) is 1.82. The maximum absolute atomic E-state index is 10.4. The van der Waals surface area contributed by atoms with E-state index >= 15 is 0 Å². The third-order valence-electron chi connectivity index (χ3n) is 1.42. The maximum Gasteiger partial charge on any atom is 0.302 e. The lowest BCUT2D eigenvalue weighted by Gasteiger charge is -2.04. The number of ether oxygens (including phenoxy) is 1. The van der Waals surface area contributed by atoms with Crippen molar-refractivity contribution in [1.82, 2.24) is 0 Å². The molecule has 0 aromatic rings. The van der Waals surface area contributed by atoms with Crippen molar-refractivity contribution in [2.75, 3.05) is 12.5 Å². The van der Waals surface area contributed by atoms with E-state index < -0.39 is 0 Å². The van der Waals surface area contributed by atoms with Crippen LogP contribution in [0.15, 0.2) is 11.1 Å². The van der Waals surface area contributed by atoms with Crippen LogP contribution < -0.4 is 0 Å². The van der Waals surface area contributed by atoms with Gasteiger partial charge in [0.1, 0.15) is 6.61 Å². The predicted octanol–water partition coefficient (Wildman–Crippen LogP) is 2.12. The van der Waals surface area contributed by atoms with Crippen molar-refractivity contribution in [2.45, 2.75) is 20.8 Å². The highest BCUT2D eigenvalue weighted by molar-refractivity contribution is 6.19. The summed E-state index contributed by atoms with van der Waals surface area (Å²) in [6, 6.07) is 0. The highest BCUT2D eigenvalue weighted by Gasteiger charge is 1.97. The Morgan fingerprint density at radius 3 is 2.18 bits per heavy atom. The molecule has 11 heavy (non-hydrogen) atoms. The summed E-state index contributed by atoms with van der Waals surface area (Å²) in [7, 11) is 0. The number of carbonyl (C=O) groups excluding carboxylic acids is 1. The topological polar surface area (TPSA) is 26.3 Å². The summed E-state index contributed by atoms with van der Waals surface area (Å²) in [6.07, 6.45) is 0. The Kier molecular flexibility index (Phi) is 4.95. The van der Waals surface area contributed by atoms with Crippen molar-refractivity contribution in [2.24, 2.45) is 0 Å². The minimum atomic E-state index is -0.258. The lowest BCUT2D eigenvalue weighted by atomic mass is 10.2. The van der Waals surface area contributed by atoms with Crippen molar-refractivity contribution in [3.8, 4) is 0 Å². The highest BCUT2D eigenvalue weighted by atomic mass is 35.5. The molecule has 0 aromatic carbocycles. The molecule has 0 spiro atoms. The van der Waals surface area contributed by atoms with Crippen LogP contribution in [0.2, 0.25) is 0 Å². The average Bonchev–Trinajstić information content (AvgIpc) is 1.98. The Balaban J connectivity index is 3.85. The maximum atomic E-state index is 10.4. The Bertz CT molecular complexity index is 173. The monoisotopic (exact) mass is 176 g/mol. The van der Waals surface area contributed by atoms with Crippen molar-refractivity contribution in [1.29, 1.82) is 0 Å². The van der Waals surface area contributed by atoms with Crippen LogP contribution in [-0.4, -0.2) is 18.5 Å². The van der Waals surface area contributed by atoms with Gasteiger partial charge in [0.2, 0.25) is 0 Å². The summed E-state index contributed by atoms with van der Waals surface area (Å²) < 4.78 is 4.77. The first kappa shape index (κ1) is 10.5. The molecule has 0 unspecified atom stereocenters. The molecule has 0 atom stereocenters. The van der Waals surface area contributed by atoms with Crippen LogP contribution in [0.25, 0.3) is 0 Å². The number of hydrogen-bond acceptors (Lipinski definition) is 2. The molecule has 2 nitrogen and oxygen atoms in total. The van der Waals surface area contributed by atoms with E-state index in [1.807, 2.05) is 13.8 Å². The number of carbonyl (C=O) groups is 1. The van der Waals surface area contributed by atoms with Gasteiger partial charge in [0.15, 0.2) is 0 Å². The molecule has 64 valence electrons. The van der Waals surface area contributed by atoms with Gasteiger partial charge in [-0.2, -0.15) is 0 Å². The molecule has 0 radical (unpaired) electrons. The van der Waals surface area contributed by atoms with Gasteiger partial charge >= 0.3 is 5.97 Å². The minimum absolute atomic E-state index is 0.258. The normalized spacial score (nSPS) is 12.4. The van der Waals surface area contributed by atoms with Gasteiger partial charge < -0.3 is 4.74 Å². The van der Waals surface area contributed by atoms with Crippen LogP contribution in [-0.2, 0) is 9.53 Å². The Morgan fingerprint density at radius 1 is 1.27 bits per heavy atom. The average molecular weight is 177 g/mol. The predicted molar refractivity (Wildman–Crippen MR) is 45.7 cm³/mol. The van der Waals surface area contributed by atoms with Gasteiger partial charge in [0, 0.05) is 12.8 Å². The van der Waals surface area contributed by atoms with E-state index in [-0.39, 0.29) is 5.97 Å². The first-order valence-electron chi connectivity index (χ1n) is 3.42. The molecule has 0 heterocycles. The molecule has 0 amide bonds. The highest BCUT2D eigenvalue weighted by Crippen LogP contribution is 2.05. The third kappa shape index (κ3) is 4.85. The van der Waals surface area contributed by atoms with Crippen LogP contribution in [0.3, 0.4) is 0 Å². The summed E-state index contributed by atoms with van der Waals surface area (Å²) in [5, 5.41) is 0. The Labute approximate surface area is 72.2 Å². The number of halogens is 1. The Hall–Kier alpha value is -0.500. The molecule has 0 aliphatic heterocycles. The summed E-state index contributed by atoms with van der Waals surface area (Å²) >= 11 is 5.56. The second kappa shape index (κ2) is 5.19. The second-order valence-electron chi connectivity index (χ2n) is 2.47. The van der Waals surface area contributed by atoms with Gasteiger partial charge in [-0.25, -0.2) is 0 Å². The number of alkyl halides is 1. The molecule has 0 aliphatic rings. The lowest BCUT2D eigenvalue weighted by Crippen LogP contribution is -2.03. The fourth-order valence-corrected chi connectivity index (χ4v) is 0.675. The fraction of sp³-hybridized carbons (Fsp3) is 0.625. The van der Waals surface area contributed by atoms with Crippen molar-refractivity contribution >= 4 is 17.6 Å². The fourth-order valence-electron chi connectivity index (χ4n) is 0.447. The number of hydrogen-bond donors (Lipinski definition) is 0. The van der Waals surface area contributed by atoms with E-state index in [0.29, 0.717) is 12.5 Å². The quantitative estimate of drug-likeness (QED) is 0.374. The zero-order valence-corrected chi connectivity index (χ0v) is 7.86. The summed E-state index contributed by atoms with van der Waals surface area (Å²) in [5.74, 6) is 0.235. The van der Waals surface area contributed by atoms with Gasteiger partial charge in [0.25, 0.3) is 0 Å². The van der Waals surface area contributed by atoms with Crippen molar-refractivity contribution in [3.05, 3.63) is 11.1 Å². The number of allylic oxidation sites excluding steroid dienone is 1. The zero-order chi connectivity index (χ0) is 8.85. The summed E-state index contributed by atoms with van der Waals surface area (Å²) in [4.78, 5) is 10.4. The SMILES string of the molecule is CC(=O)OC/C(C)=C(/C)CCl. The molecular weight excluding hydrogens is 164 g/mol. The van der Waals surface area contributed by atoms with E-state index in [1.165, 1.54) is 6.92 Å². The van der Waals surface area contributed by atoms with Gasteiger partial charge in [0.05, 0.1) is 0 Å². The van der Waals surface area contributed by atoms with Crippen LogP contribution >= 0.6 is 11.6 Å². The Morgan fingerprint density at radius 2 is 1.82 bits per heavy atom. The summed E-state index contributed by atoms with van der Waals surface area (Å²) in [6.45, 7) is 5.57. The molecule has 0 bridgehead atoms. The van der Waals surface area contributed by atoms with Gasteiger partial charge in [-0.1, -0.05) is 5.57 Å². The lowest BCUT2D eigenvalue weighted by molar-refractivity contribution is -0.139. The molecule has 0 aromatic heterocycles. The molecule has 3 heteroatoms. The number of esters is 1. The van der Waals surface area contributed by atoms with E-state index in [2.05, 4.69) is 0 Å². The summed E-state index contributed by atoms with van der Waals surface area (Å²) in [5.41, 5.74) is 2.09. The molecule has 0 N–H and O–H groups in total. The largest absolute Gasteiger partial charge is 0.461 e. The number of rotatable bonds is 3. The van der Waals surface area contributed by atoms with Crippen LogP contribution in [0.4, 0.5) is 0 Å². The van der Waals surface area contributed by atoms with E-state index in [0.717, 1.165) is 11.1 Å². The van der Waals surface area contributed by atoms with E-state index in [9.17, 15) is 4.79 Å². The van der Waals surface area contributed by atoms with Gasteiger partial charge in [-0.05, 0) is 19.4 Å².